The molecule has 0 bridgehead atoms. The predicted molar refractivity (Wildman–Crippen MR) is 115 cm³/mol. The number of nitrogens with one attached hydrogen (secondary N) is 1. The topological polar surface area (TPSA) is 56.2 Å². The molecule has 0 fully saturated rings. The number of benzene rings is 2. The van der Waals surface area contributed by atoms with E-state index in [2.05, 4.69) is 46.1 Å². The SMILES string of the molecule is CCc1ccc(C(C)NC(=O)CSc2nc3ccccc3n2CCOC)cc1. The molecule has 1 amide bonds. The average molecular weight is 398 g/mol. The number of carbonyl (C=O) groups is 1. The van der Waals surface area contributed by atoms with Crippen LogP contribution in [0.4, 0.5) is 0 Å². The number of rotatable bonds is 9. The number of ether oxygens (including phenoxy) is 1. The quantitative estimate of drug-likeness (QED) is 0.550. The molecule has 0 radical (unpaired) electrons. The van der Waals surface area contributed by atoms with Gasteiger partial charge in [-0.15, -0.1) is 0 Å². The van der Waals surface area contributed by atoms with E-state index in [-0.39, 0.29) is 11.9 Å². The highest BCUT2D eigenvalue weighted by atomic mass is 32.2. The van der Waals surface area contributed by atoms with Crippen molar-refractivity contribution in [2.45, 2.75) is 38.0 Å². The Hall–Kier alpha value is -2.31. The van der Waals surface area contributed by atoms with Gasteiger partial charge in [0.1, 0.15) is 0 Å². The Kier molecular flexibility index (Phi) is 7.12. The number of fused-ring (bicyclic) bond motifs is 1. The third kappa shape index (κ3) is 4.94. The summed E-state index contributed by atoms with van der Waals surface area (Å²) in [7, 11) is 1.69. The number of aromatic nitrogens is 2. The molecule has 148 valence electrons. The maximum Gasteiger partial charge on any atom is 0.230 e. The minimum atomic E-state index is -0.0219. The van der Waals surface area contributed by atoms with Gasteiger partial charge in [0.05, 0.1) is 29.4 Å². The zero-order valence-electron chi connectivity index (χ0n) is 16.6. The van der Waals surface area contributed by atoms with E-state index in [1.54, 1.807) is 7.11 Å². The second-order valence-corrected chi connectivity index (χ2v) is 7.64. The van der Waals surface area contributed by atoms with E-state index in [0.29, 0.717) is 18.9 Å². The molecule has 3 aromatic rings. The van der Waals surface area contributed by atoms with Crippen LogP contribution in [0.3, 0.4) is 0 Å². The first-order valence-electron chi connectivity index (χ1n) is 9.57. The normalized spacial score (nSPS) is 12.2. The molecule has 1 N–H and O–H groups in total. The summed E-state index contributed by atoms with van der Waals surface area (Å²) in [5.41, 5.74) is 4.41. The number of hydrogen-bond donors (Lipinski definition) is 1. The molecule has 28 heavy (non-hydrogen) atoms. The molecule has 0 aliphatic rings. The summed E-state index contributed by atoms with van der Waals surface area (Å²) in [6.45, 7) is 5.46. The number of methoxy groups -OCH3 is 1. The summed E-state index contributed by atoms with van der Waals surface area (Å²) in [5, 5.41) is 3.92. The molecule has 1 atom stereocenters. The van der Waals surface area contributed by atoms with Gasteiger partial charge in [0.15, 0.2) is 5.16 Å². The number of thioether (sulfide) groups is 1. The fourth-order valence-corrected chi connectivity index (χ4v) is 3.95. The molecule has 2 aromatic carbocycles. The van der Waals surface area contributed by atoms with Crippen LogP contribution in [-0.2, 0) is 22.5 Å². The van der Waals surface area contributed by atoms with Crippen molar-refractivity contribution in [2.24, 2.45) is 0 Å². The Morgan fingerprint density at radius 2 is 1.96 bits per heavy atom. The number of aryl methyl sites for hydroxylation is 1. The number of hydrogen-bond acceptors (Lipinski definition) is 4. The van der Waals surface area contributed by atoms with Gasteiger partial charge in [-0.2, -0.15) is 0 Å². The molecule has 0 spiro atoms. The highest BCUT2D eigenvalue weighted by Crippen LogP contribution is 2.24. The van der Waals surface area contributed by atoms with Crippen LogP contribution < -0.4 is 5.32 Å². The van der Waals surface area contributed by atoms with E-state index < -0.39 is 0 Å². The van der Waals surface area contributed by atoms with E-state index in [1.165, 1.54) is 17.3 Å². The molecule has 1 heterocycles. The molecular weight excluding hydrogens is 370 g/mol. The average Bonchev–Trinajstić information content (AvgIpc) is 3.08. The van der Waals surface area contributed by atoms with Gasteiger partial charge in [-0.25, -0.2) is 4.98 Å². The number of imidazole rings is 1. The lowest BCUT2D eigenvalue weighted by Gasteiger charge is -2.15. The van der Waals surface area contributed by atoms with Crippen molar-refractivity contribution < 1.29 is 9.53 Å². The van der Waals surface area contributed by atoms with Crippen molar-refractivity contribution in [1.29, 1.82) is 0 Å². The lowest BCUT2D eigenvalue weighted by molar-refractivity contribution is -0.119. The predicted octanol–water partition coefficient (Wildman–Crippen LogP) is 4.21. The Balaban J connectivity index is 1.63. The Morgan fingerprint density at radius 1 is 1.21 bits per heavy atom. The van der Waals surface area contributed by atoms with Gasteiger partial charge >= 0.3 is 0 Å². The lowest BCUT2D eigenvalue weighted by Crippen LogP contribution is -2.28. The van der Waals surface area contributed by atoms with E-state index >= 15 is 0 Å². The first-order chi connectivity index (χ1) is 13.6. The van der Waals surface area contributed by atoms with Crippen LogP contribution >= 0.6 is 11.8 Å². The number of nitrogens with zero attached hydrogens (tertiary/aromatic N) is 2. The summed E-state index contributed by atoms with van der Waals surface area (Å²) in [6, 6.07) is 16.4. The number of para-hydroxylation sites is 2. The molecule has 5 nitrogen and oxygen atoms in total. The summed E-state index contributed by atoms with van der Waals surface area (Å²) >= 11 is 1.46. The van der Waals surface area contributed by atoms with E-state index in [9.17, 15) is 4.79 Å². The van der Waals surface area contributed by atoms with Crippen molar-refractivity contribution in [2.75, 3.05) is 19.5 Å². The van der Waals surface area contributed by atoms with Crippen LogP contribution in [-0.4, -0.2) is 34.9 Å². The first kappa shape index (κ1) is 20.4. The van der Waals surface area contributed by atoms with Crippen LogP contribution in [0.2, 0.25) is 0 Å². The maximum atomic E-state index is 12.5. The van der Waals surface area contributed by atoms with Crippen molar-refractivity contribution in [3.8, 4) is 0 Å². The number of carbonyl (C=O) groups excluding carboxylic acids is 1. The maximum absolute atomic E-state index is 12.5. The Morgan fingerprint density at radius 3 is 2.68 bits per heavy atom. The third-order valence-corrected chi connectivity index (χ3v) is 5.71. The van der Waals surface area contributed by atoms with Crippen LogP contribution in [0, 0.1) is 0 Å². The van der Waals surface area contributed by atoms with Crippen molar-refractivity contribution >= 4 is 28.7 Å². The van der Waals surface area contributed by atoms with Crippen LogP contribution in [0.15, 0.2) is 53.7 Å². The summed E-state index contributed by atoms with van der Waals surface area (Å²) in [6.07, 6.45) is 1.02. The van der Waals surface area contributed by atoms with Crippen molar-refractivity contribution in [3.05, 3.63) is 59.7 Å². The van der Waals surface area contributed by atoms with Gasteiger partial charge in [-0.05, 0) is 36.6 Å². The highest BCUT2D eigenvalue weighted by Gasteiger charge is 2.14. The largest absolute Gasteiger partial charge is 0.383 e. The second kappa shape index (κ2) is 9.75. The standard InChI is InChI=1S/C22H27N3O2S/c1-4-17-9-11-18(12-10-17)16(2)23-21(26)15-28-22-24-19-7-5-6-8-20(19)25(22)13-14-27-3/h5-12,16H,4,13-15H2,1-3H3,(H,23,26). The molecule has 1 unspecified atom stereocenters. The minimum Gasteiger partial charge on any atom is -0.383 e. The minimum absolute atomic E-state index is 0.00224. The molecular formula is C22H27N3O2S. The third-order valence-electron chi connectivity index (χ3n) is 4.74. The molecule has 6 heteroatoms. The summed E-state index contributed by atoms with van der Waals surface area (Å²) in [5.74, 6) is 0.329. The number of amides is 1. The molecule has 0 aliphatic heterocycles. The summed E-state index contributed by atoms with van der Waals surface area (Å²) < 4.78 is 7.34. The fourth-order valence-electron chi connectivity index (χ4n) is 3.10. The van der Waals surface area contributed by atoms with E-state index in [0.717, 1.165) is 28.2 Å². The summed E-state index contributed by atoms with van der Waals surface area (Å²) in [4.78, 5) is 17.2. The zero-order valence-corrected chi connectivity index (χ0v) is 17.5. The van der Waals surface area contributed by atoms with Gasteiger partial charge < -0.3 is 14.6 Å². The molecule has 0 aliphatic carbocycles. The Labute approximate surface area is 170 Å². The zero-order chi connectivity index (χ0) is 19.9. The molecule has 0 saturated carbocycles. The Bertz CT molecular complexity index is 921. The van der Waals surface area contributed by atoms with Gasteiger partial charge in [-0.3, -0.25) is 4.79 Å². The monoisotopic (exact) mass is 397 g/mol. The van der Waals surface area contributed by atoms with Gasteiger partial charge in [0, 0.05) is 13.7 Å². The van der Waals surface area contributed by atoms with Gasteiger partial charge in [-0.1, -0.05) is 55.1 Å². The molecule has 0 saturated heterocycles. The van der Waals surface area contributed by atoms with Crippen molar-refractivity contribution in [3.63, 3.8) is 0 Å². The lowest BCUT2D eigenvalue weighted by atomic mass is 10.1. The first-order valence-corrected chi connectivity index (χ1v) is 10.6. The van der Waals surface area contributed by atoms with Gasteiger partial charge in [0.25, 0.3) is 0 Å². The van der Waals surface area contributed by atoms with Crippen LogP contribution in [0.5, 0.6) is 0 Å². The van der Waals surface area contributed by atoms with Crippen molar-refractivity contribution in [1.82, 2.24) is 14.9 Å². The smallest absolute Gasteiger partial charge is 0.230 e. The van der Waals surface area contributed by atoms with Crippen LogP contribution in [0.25, 0.3) is 11.0 Å². The molecule has 3 rings (SSSR count). The van der Waals surface area contributed by atoms with E-state index in [1.807, 2.05) is 31.2 Å². The van der Waals surface area contributed by atoms with Gasteiger partial charge in [0.2, 0.25) is 5.91 Å². The fraction of sp³-hybridized carbons (Fsp3) is 0.364. The molecule has 1 aromatic heterocycles. The van der Waals surface area contributed by atoms with E-state index in [4.69, 9.17) is 4.74 Å². The highest BCUT2D eigenvalue weighted by molar-refractivity contribution is 7.99. The van der Waals surface area contributed by atoms with Crippen LogP contribution in [0.1, 0.15) is 31.0 Å². The second-order valence-electron chi connectivity index (χ2n) is 6.70.